The summed E-state index contributed by atoms with van der Waals surface area (Å²) in [5.74, 6) is -4.10. The molecule has 4 heteroatoms. The summed E-state index contributed by atoms with van der Waals surface area (Å²) in [6.45, 7) is 0. The van der Waals surface area contributed by atoms with E-state index in [0.717, 1.165) is 25.0 Å². The van der Waals surface area contributed by atoms with Gasteiger partial charge in [0.15, 0.2) is 17.5 Å². The molecule has 0 bridgehead atoms. The van der Waals surface area contributed by atoms with Gasteiger partial charge in [0.25, 0.3) is 0 Å². The first-order chi connectivity index (χ1) is 7.59. The molecule has 1 N–H and O–H groups in total. The van der Waals surface area contributed by atoms with Crippen molar-refractivity contribution in [1.29, 1.82) is 0 Å². The maximum absolute atomic E-state index is 13.0. The fourth-order valence-electron chi connectivity index (χ4n) is 2.29. The molecule has 0 amide bonds. The van der Waals surface area contributed by atoms with Crippen LogP contribution in [0, 0.1) is 17.5 Å². The lowest BCUT2D eigenvalue weighted by Crippen LogP contribution is -2.22. The molecule has 0 radical (unpaired) electrons. The molecule has 1 nitrogen and oxygen atoms in total. The molecule has 0 unspecified atom stereocenters. The van der Waals surface area contributed by atoms with Crippen LogP contribution in [-0.4, -0.2) is 11.2 Å². The highest BCUT2D eigenvalue weighted by Crippen LogP contribution is 2.34. The summed E-state index contributed by atoms with van der Waals surface area (Å²) in [6.07, 6.45) is 2.57. The molecule has 1 aromatic rings. The highest BCUT2D eigenvalue weighted by Gasteiger charge is 2.26. The van der Waals surface area contributed by atoms with Gasteiger partial charge in [-0.05, 0) is 30.5 Å². The lowest BCUT2D eigenvalue weighted by Gasteiger charge is -2.27. The number of rotatable bonds is 1. The van der Waals surface area contributed by atoms with Crippen molar-refractivity contribution >= 4 is 0 Å². The van der Waals surface area contributed by atoms with Gasteiger partial charge in [-0.15, -0.1) is 0 Å². The quantitative estimate of drug-likeness (QED) is 0.735. The van der Waals surface area contributed by atoms with Gasteiger partial charge in [-0.1, -0.05) is 12.8 Å². The molecule has 0 spiro atoms. The van der Waals surface area contributed by atoms with Crippen molar-refractivity contribution in [3.8, 4) is 0 Å². The average Bonchev–Trinajstić information content (AvgIpc) is 2.26. The maximum atomic E-state index is 13.0. The Kier molecular flexibility index (Phi) is 3.19. The molecule has 1 aromatic carbocycles. The zero-order chi connectivity index (χ0) is 11.7. The molecule has 16 heavy (non-hydrogen) atoms. The Morgan fingerprint density at radius 1 is 1.00 bits per heavy atom. The summed E-state index contributed by atoms with van der Waals surface area (Å²) in [6, 6.07) is 1.97. The van der Waals surface area contributed by atoms with E-state index in [4.69, 9.17) is 0 Å². The molecule has 88 valence electrons. The zero-order valence-corrected chi connectivity index (χ0v) is 8.72. The number of aliphatic hydroxyl groups is 1. The van der Waals surface area contributed by atoms with Crippen molar-refractivity contribution in [2.24, 2.45) is 0 Å². The third-order valence-corrected chi connectivity index (χ3v) is 3.16. The lowest BCUT2D eigenvalue weighted by atomic mass is 9.82. The summed E-state index contributed by atoms with van der Waals surface area (Å²) in [4.78, 5) is 0. The van der Waals surface area contributed by atoms with E-state index in [2.05, 4.69) is 0 Å². The number of halogens is 3. The minimum atomic E-state index is -1.45. The monoisotopic (exact) mass is 230 g/mol. The molecule has 0 aromatic heterocycles. The largest absolute Gasteiger partial charge is 0.392 e. The first kappa shape index (κ1) is 11.5. The number of hydrogen-bond acceptors (Lipinski definition) is 1. The van der Waals surface area contributed by atoms with Crippen molar-refractivity contribution in [1.82, 2.24) is 0 Å². The number of benzene rings is 1. The van der Waals surface area contributed by atoms with Crippen molar-refractivity contribution in [2.45, 2.75) is 37.7 Å². The smallest absolute Gasteiger partial charge is 0.194 e. The number of aliphatic hydroxyl groups excluding tert-OH is 1. The van der Waals surface area contributed by atoms with Gasteiger partial charge in [-0.3, -0.25) is 0 Å². The van der Waals surface area contributed by atoms with E-state index in [1.54, 1.807) is 0 Å². The summed E-state index contributed by atoms with van der Waals surface area (Å²) in [5, 5.41) is 9.73. The van der Waals surface area contributed by atoms with Gasteiger partial charge in [-0.25, -0.2) is 13.2 Å². The molecule has 1 aliphatic carbocycles. The predicted octanol–water partition coefficient (Wildman–Crippen LogP) is 3.12. The Balaban J connectivity index is 2.32. The fraction of sp³-hybridized carbons (Fsp3) is 0.500. The topological polar surface area (TPSA) is 20.2 Å². The standard InChI is InChI=1S/C12H13F3O/c13-9-5-7(6-10(14)12(9)15)8-3-1-2-4-11(8)16/h5-6,8,11,16H,1-4H2/t8-,11+/m0/s1. The summed E-state index contributed by atoms with van der Waals surface area (Å²) < 4.78 is 38.8. The van der Waals surface area contributed by atoms with Gasteiger partial charge >= 0.3 is 0 Å². The van der Waals surface area contributed by atoms with Crippen LogP contribution in [0.2, 0.25) is 0 Å². The van der Waals surface area contributed by atoms with Gasteiger partial charge in [0.1, 0.15) is 0 Å². The van der Waals surface area contributed by atoms with Crippen LogP contribution in [0.4, 0.5) is 13.2 Å². The minimum Gasteiger partial charge on any atom is -0.392 e. The van der Waals surface area contributed by atoms with Gasteiger partial charge in [-0.2, -0.15) is 0 Å². The van der Waals surface area contributed by atoms with Crippen LogP contribution in [0.15, 0.2) is 12.1 Å². The lowest BCUT2D eigenvalue weighted by molar-refractivity contribution is 0.106. The Morgan fingerprint density at radius 3 is 2.12 bits per heavy atom. The van der Waals surface area contributed by atoms with Crippen LogP contribution in [0.3, 0.4) is 0 Å². The Morgan fingerprint density at radius 2 is 1.56 bits per heavy atom. The Hall–Kier alpha value is -1.03. The molecular weight excluding hydrogens is 217 g/mol. The molecule has 0 heterocycles. The van der Waals surface area contributed by atoms with Crippen LogP contribution in [-0.2, 0) is 0 Å². The molecule has 0 aliphatic heterocycles. The number of hydrogen-bond donors (Lipinski definition) is 1. The van der Waals surface area contributed by atoms with E-state index in [9.17, 15) is 18.3 Å². The van der Waals surface area contributed by atoms with Gasteiger partial charge in [0, 0.05) is 5.92 Å². The second-order valence-corrected chi connectivity index (χ2v) is 4.26. The van der Waals surface area contributed by atoms with Crippen molar-refractivity contribution in [3.05, 3.63) is 35.1 Å². The van der Waals surface area contributed by atoms with E-state index >= 15 is 0 Å². The maximum Gasteiger partial charge on any atom is 0.194 e. The SMILES string of the molecule is O[C@@H]1CCCC[C@H]1c1cc(F)c(F)c(F)c1. The van der Waals surface area contributed by atoms with Crippen LogP contribution >= 0.6 is 0 Å². The van der Waals surface area contributed by atoms with Crippen LogP contribution in [0.5, 0.6) is 0 Å². The van der Waals surface area contributed by atoms with Crippen molar-refractivity contribution in [3.63, 3.8) is 0 Å². The van der Waals surface area contributed by atoms with E-state index in [1.807, 2.05) is 0 Å². The molecule has 1 fully saturated rings. The van der Waals surface area contributed by atoms with Gasteiger partial charge < -0.3 is 5.11 Å². The molecule has 2 atom stereocenters. The van der Waals surface area contributed by atoms with Crippen molar-refractivity contribution in [2.75, 3.05) is 0 Å². The fourth-order valence-corrected chi connectivity index (χ4v) is 2.29. The normalized spacial score (nSPS) is 25.8. The highest BCUT2D eigenvalue weighted by atomic mass is 19.2. The third kappa shape index (κ3) is 2.07. The van der Waals surface area contributed by atoms with E-state index < -0.39 is 23.6 Å². The summed E-state index contributed by atoms with van der Waals surface area (Å²) in [7, 11) is 0. The second kappa shape index (κ2) is 4.45. The zero-order valence-electron chi connectivity index (χ0n) is 8.72. The Bertz CT molecular complexity index is 369. The molecule has 2 rings (SSSR count). The highest BCUT2D eigenvalue weighted by molar-refractivity contribution is 5.24. The van der Waals surface area contributed by atoms with Crippen LogP contribution in [0.25, 0.3) is 0 Å². The van der Waals surface area contributed by atoms with Crippen LogP contribution < -0.4 is 0 Å². The minimum absolute atomic E-state index is 0.279. The third-order valence-electron chi connectivity index (χ3n) is 3.16. The Labute approximate surface area is 91.9 Å². The van der Waals surface area contributed by atoms with Crippen molar-refractivity contribution < 1.29 is 18.3 Å². The van der Waals surface area contributed by atoms with E-state index in [-0.39, 0.29) is 5.92 Å². The first-order valence-corrected chi connectivity index (χ1v) is 5.42. The molecule has 1 aliphatic rings. The molecular formula is C12H13F3O. The summed E-state index contributed by atoms with van der Waals surface area (Å²) in [5.41, 5.74) is 0.351. The van der Waals surface area contributed by atoms with Gasteiger partial charge in [0.05, 0.1) is 6.10 Å². The molecule has 1 saturated carbocycles. The predicted molar refractivity (Wildman–Crippen MR) is 53.5 cm³/mol. The first-order valence-electron chi connectivity index (χ1n) is 5.42. The molecule has 0 saturated heterocycles. The second-order valence-electron chi connectivity index (χ2n) is 4.26. The average molecular weight is 230 g/mol. The van der Waals surface area contributed by atoms with E-state index in [0.29, 0.717) is 18.4 Å². The summed E-state index contributed by atoms with van der Waals surface area (Å²) >= 11 is 0. The van der Waals surface area contributed by atoms with Crippen LogP contribution in [0.1, 0.15) is 37.2 Å². The van der Waals surface area contributed by atoms with E-state index in [1.165, 1.54) is 0 Å². The van der Waals surface area contributed by atoms with Gasteiger partial charge in [0.2, 0.25) is 0 Å².